The lowest BCUT2D eigenvalue weighted by molar-refractivity contribution is 0.161. The Morgan fingerprint density at radius 1 is 1.53 bits per heavy atom. The van der Waals surface area contributed by atoms with E-state index in [9.17, 15) is 4.39 Å². The van der Waals surface area contributed by atoms with Crippen molar-refractivity contribution in [2.75, 3.05) is 33.7 Å². The molecule has 0 aliphatic carbocycles. The fraction of sp³-hybridized carbons (Fsp3) is 0.538. The third kappa shape index (κ3) is 2.83. The maximum absolute atomic E-state index is 13.3. The summed E-state index contributed by atoms with van der Waals surface area (Å²) in [6.07, 6.45) is 0. The molecule has 1 saturated heterocycles. The molecule has 1 heterocycles. The van der Waals surface area contributed by atoms with Gasteiger partial charge < -0.3 is 10.6 Å². The van der Waals surface area contributed by atoms with Crippen LogP contribution < -0.4 is 10.6 Å². The van der Waals surface area contributed by atoms with Crippen LogP contribution in [0.5, 0.6) is 0 Å². The quantitative estimate of drug-likeness (QED) is 0.821. The topological polar surface area (TPSA) is 27.3 Å². The first-order valence-corrected chi connectivity index (χ1v) is 6.06. The molecule has 3 nitrogen and oxygen atoms in total. The van der Waals surface area contributed by atoms with Crippen LogP contribution in [0.25, 0.3) is 0 Å². The van der Waals surface area contributed by atoms with Crippen molar-refractivity contribution in [3.8, 4) is 0 Å². The van der Waals surface area contributed by atoms with Crippen LogP contribution in [0.3, 0.4) is 0 Å². The smallest absolute Gasteiger partial charge is 0.123 e. The van der Waals surface area contributed by atoms with Gasteiger partial charge in [-0.3, -0.25) is 4.90 Å². The molecule has 0 radical (unpaired) electrons. The van der Waals surface area contributed by atoms with Crippen molar-refractivity contribution in [1.29, 1.82) is 0 Å². The van der Waals surface area contributed by atoms with E-state index in [2.05, 4.69) is 22.6 Å². The number of hydrogen-bond donors (Lipinski definition) is 2. The summed E-state index contributed by atoms with van der Waals surface area (Å²) in [5, 5.41) is 6.69. The standard InChI is InChI=1S/C13H20FN3/c1-15-13(10-4-3-5-11(14)8-10)12-9-16-6-7-17(12)2/h3-5,8,12-13,15-16H,6-7,9H2,1-2H3. The van der Waals surface area contributed by atoms with Crippen molar-refractivity contribution in [3.63, 3.8) is 0 Å². The Hall–Kier alpha value is -0.970. The molecule has 2 unspecified atom stereocenters. The molecule has 0 amide bonds. The van der Waals surface area contributed by atoms with Crippen molar-refractivity contribution in [1.82, 2.24) is 15.5 Å². The second-order valence-electron chi connectivity index (χ2n) is 4.57. The van der Waals surface area contributed by atoms with Crippen LogP contribution in [0.1, 0.15) is 11.6 Å². The minimum absolute atomic E-state index is 0.156. The molecule has 4 heteroatoms. The first-order valence-electron chi connectivity index (χ1n) is 6.06. The molecule has 17 heavy (non-hydrogen) atoms. The molecule has 0 bridgehead atoms. The minimum Gasteiger partial charge on any atom is -0.314 e. The van der Waals surface area contributed by atoms with Gasteiger partial charge in [0.1, 0.15) is 5.82 Å². The highest BCUT2D eigenvalue weighted by atomic mass is 19.1. The molecule has 1 aliphatic heterocycles. The van der Waals surface area contributed by atoms with Crippen LogP contribution in [0.2, 0.25) is 0 Å². The number of piperazine rings is 1. The number of nitrogens with zero attached hydrogens (tertiary/aromatic N) is 1. The number of halogens is 1. The summed E-state index contributed by atoms with van der Waals surface area (Å²) in [6, 6.07) is 7.36. The van der Waals surface area contributed by atoms with E-state index in [4.69, 9.17) is 0 Å². The number of likely N-dealkylation sites (N-methyl/N-ethyl adjacent to an activating group) is 2. The van der Waals surface area contributed by atoms with Gasteiger partial charge in [0.05, 0.1) is 0 Å². The molecule has 1 aromatic rings. The van der Waals surface area contributed by atoms with Crippen molar-refractivity contribution in [2.24, 2.45) is 0 Å². The number of benzene rings is 1. The molecule has 94 valence electrons. The third-order valence-corrected chi connectivity index (χ3v) is 3.46. The molecule has 1 fully saturated rings. The van der Waals surface area contributed by atoms with Gasteiger partial charge in [-0.2, -0.15) is 0 Å². The number of hydrogen-bond acceptors (Lipinski definition) is 3. The molecule has 2 rings (SSSR count). The van der Waals surface area contributed by atoms with Crippen LogP contribution in [0, 0.1) is 5.82 Å². The average Bonchev–Trinajstić information content (AvgIpc) is 2.33. The molecule has 1 aliphatic rings. The SMILES string of the molecule is CNC(c1cccc(F)c1)C1CNCCN1C. The molecule has 0 saturated carbocycles. The summed E-state index contributed by atoms with van der Waals surface area (Å²) >= 11 is 0. The van der Waals surface area contributed by atoms with E-state index in [1.165, 1.54) is 6.07 Å². The first-order chi connectivity index (χ1) is 8.22. The van der Waals surface area contributed by atoms with Gasteiger partial charge in [0.25, 0.3) is 0 Å². The average molecular weight is 237 g/mol. The van der Waals surface area contributed by atoms with Crippen LogP contribution in [0.4, 0.5) is 4.39 Å². The molecular weight excluding hydrogens is 217 g/mol. The zero-order valence-corrected chi connectivity index (χ0v) is 10.4. The van der Waals surface area contributed by atoms with Gasteiger partial charge in [-0.1, -0.05) is 12.1 Å². The summed E-state index contributed by atoms with van der Waals surface area (Å²) in [6.45, 7) is 2.98. The lowest BCUT2D eigenvalue weighted by Gasteiger charge is -2.38. The van der Waals surface area contributed by atoms with Crippen LogP contribution in [-0.2, 0) is 0 Å². The van der Waals surface area contributed by atoms with Crippen molar-refractivity contribution < 1.29 is 4.39 Å². The molecule has 2 N–H and O–H groups in total. The van der Waals surface area contributed by atoms with E-state index in [1.807, 2.05) is 13.1 Å². The first kappa shape index (κ1) is 12.5. The molecule has 0 spiro atoms. The highest BCUT2D eigenvalue weighted by molar-refractivity contribution is 5.22. The second-order valence-corrected chi connectivity index (χ2v) is 4.57. The minimum atomic E-state index is -0.172. The Morgan fingerprint density at radius 2 is 2.35 bits per heavy atom. The monoisotopic (exact) mass is 237 g/mol. The fourth-order valence-electron chi connectivity index (χ4n) is 2.48. The van der Waals surface area contributed by atoms with Crippen LogP contribution in [-0.4, -0.2) is 44.7 Å². The highest BCUT2D eigenvalue weighted by Crippen LogP contribution is 2.21. The highest BCUT2D eigenvalue weighted by Gasteiger charge is 2.27. The number of nitrogens with one attached hydrogen (secondary N) is 2. The molecule has 0 aromatic heterocycles. The van der Waals surface area contributed by atoms with Gasteiger partial charge in [-0.25, -0.2) is 4.39 Å². The Balaban J connectivity index is 2.20. The normalized spacial score (nSPS) is 23.6. The van der Waals surface area contributed by atoms with E-state index in [1.54, 1.807) is 12.1 Å². The maximum atomic E-state index is 13.3. The zero-order chi connectivity index (χ0) is 12.3. The number of rotatable bonds is 3. The molecule has 1 aromatic carbocycles. The summed E-state index contributed by atoms with van der Waals surface area (Å²) in [5.41, 5.74) is 1.01. The van der Waals surface area contributed by atoms with Gasteiger partial charge >= 0.3 is 0 Å². The van der Waals surface area contributed by atoms with Crippen LogP contribution in [0.15, 0.2) is 24.3 Å². The van der Waals surface area contributed by atoms with E-state index in [0.717, 1.165) is 25.2 Å². The second kappa shape index (κ2) is 5.58. The van der Waals surface area contributed by atoms with Crippen molar-refractivity contribution >= 4 is 0 Å². The van der Waals surface area contributed by atoms with Gasteiger partial charge in [-0.15, -0.1) is 0 Å². The largest absolute Gasteiger partial charge is 0.314 e. The van der Waals surface area contributed by atoms with Crippen molar-refractivity contribution in [2.45, 2.75) is 12.1 Å². The van der Waals surface area contributed by atoms with E-state index in [0.29, 0.717) is 6.04 Å². The van der Waals surface area contributed by atoms with Gasteiger partial charge in [0, 0.05) is 31.7 Å². The van der Waals surface area contributed by atoms with Crippen LogP contribution >= 0.6 is 0 Å². The molecular formula is C13H20FN3. The summed E-state index contributed by atoms with van der Waals surface area (Å²) in [4.78, 5) is 2.32. The van der Waals surface area contributed by atoms with E-state index in [-0.39, 0.29) is 11.9 Å². The Kier molecular flexibility index (Phi) is 4.10. The van der Waals surface area contributed by atoms with Gasteiger partial charge in [-0.05, 0) is 31.8 Å². The zero-order valence-electron chi connectivity index (χ0n) is 10.4. The fourth-order valence-corrected chi connectivity index (χ4v) is 2.48. The summed E-state index contributed by atoms with van der Waals surface area (Å²) in [5.74, 6) is -0.172. The third-order valence-electron chi connectivity index (χ3n) is 3.46. The Bertz CT molecular complexity index is 369. The van der Waals surface area contributed by atoms with E-state index >= 15 is 0 Å². The van der Waals surface area contributed by atoms with E-state index < -0.39 is 0 Å². The Morgan fingerprint density at radius 3 is 3.00 bits per heavy atom. The van der Waals surface area contributed by atoms with Gasteiger partial charge in [0.15, 0.2) is 0 Å². The van der Waals surface area contributed by atoms with Gasteiger partial charge in [0.2, 0.25) is 0 Å². The predicted octanol–water partition coefficient (Wildman–Crippen LogP) is 0.990. The summed E-state index contributed by atoms with van der Waals surface area (Å²) < 4.78 is 13.3. The lowest BCUT2D eigenvalue weighted by atomic mass is 9.97. The lowest BCUT2D eigenvalue weighted by Crippen LogP contribution is -2.54. The summed E-state index contributed by atoms with van der Waals surface area (Å²) in [7, 11) is 4.05. The van der Waals surface area contributed by atoms with Crippen molar-refractivity contribution in [3.05, 3.63) is 35.6 Å². The Labute approximate surface area is 102 Å². The maximum Gasteiger partial charge on any atom is 0.123 e. The molecule has 2 atom stereocenters. The predicted molar refractivity (Wildman–Crippen MR) is 67.5 cm³/mol.